The van der Waals surface area contributed by atoms with Gasteiger partial charge in [0.05, 0.1) is 16.2 Å². The Morgan fingerprint density at radius 2 is 1.89 bits per heavy atom. The number of pyridine rings is 1. The maximum Gasteiger partial charge on any atom is 0.292 e. The zero-order valence-electron chi connectivity index (χ0n) is 15.3. The summed E-state index contributed by atoms with van der Waals surface area (Å²) in [5.74, 6) is -0.188. The number of rotatable bonds is 5. The number of para-hydroxylation sites is 2. The number of aromatic nitrogens is 1. The molecule has 6 nitrogen and oxygen atoms in total. The van der Waals surface area contributed by atoms with Gasteiger partial charge in [0.15, 0.2) is 0 Å². The number of nitro groups is 1. The van der Waals surface area contributed by atoms with Crippen molar-refractivity contribution in [3.05, 3.63) is 69.3 Å². The summed E-state index contributed by atoms with van der Waals surface area (Å²) in [6.07, 6.45) is 0. The number of nitrogens with zero attached hydrogens (tertiary/aromatic N) is 2. The summed E-state index contributed by atoms with van der Waals surface area (Å²) in [7, 11) is 0. The smallest absolute Gasteiger partial charge is 0.292 e. The fourth-order valence-corrected chi connectivity index (χ4v) is 3.73. The largest absolute Gasteiger partial charge is 0.320 e. The zero-order chi connectivity index (χ0) is 19.6. The predicted molar refractivity (Wildman–Crippen MR) is 108 cm³/mol. The second kappa shape index (κ2) is 7.75. The molecule has 0 atom stereocenters. The van der Waals surface area contributed by atoms with Crippen LogP contribution in [0.3, 0.4) is 0 Å². The molecule has 0 bridgehead atoms. The van der Waals surface area contributed by atoms with Crippen LogP contribution in [0.5, 0.6) is 0 Å². The number of thioether (sulfide) groups is 1. The Hall–Kier alpha value is -2.93. The Morgan fingerprint density at radius 1 is 1.15 bits per heavy atom. The highest BCUT2D eigenvalue weighted by Crippen LogP contribution is 2.28. The number of hydrogen-bond donors (Lipinski definition) is 1. The number of fused-ring (bicyclic) bond motifs is 1. The fraction of sp³-hybridized carbons (Fsp3) is 0.200. The van der Waals surface area contributed by atoms with Crippen molar-refractivity contribution in [3.63, 3.8) is 0 Å². The third-order valence-electron chi connectivity index (χ3n) is 4.11. The average molecular weight is 381 g/mol. The Bertz CT molecular complexity index is 1050. The van der Waals surface area contributed by atoms with E-state index in [0.29, 0.717) is 0 Å². The van der Waals surface area contributed by atoms with Gasteiger partial charge in [0.2, 0.25) is 5.91 Å². The second-order valence-electron chi connectivity index (χ2n) is 6.38. The molecule has 7 heteroatoms. The number of nitrogens with one attached hydrogen (secondary N) is 1. The molecule has 1 amide bonds. The summed E-state index contributed by atoms with van der Waals surface area (Å²) in [6, 6.07) is 12.3. The van der Waals surface area contributed by atoms with E-state index in [9.17, 15) is 14.9 Å². The van der Waals surface area contributed by atoms with Crippen LogP contribution in [0.2, 0.25) is 0 Å². The lowest BCUT2D eigenvalue weighted by Gasteiger charge is -2.10. The minimum atomic E-state index is -0.511. The number of carbonyl (C=O) groups excluding carboxylic acids is 1. The molecule has 1 heterocycles. The summed E-state index contributed by atoms with van der Waals surface area (Å²) >= 11 is 1.32. The van der Waals surface area contributed by atoms with Gasteiger partial charge in [-0.05, 0) is 50.1 Å². The van der Waals surface area contributed by atoms with Crippen LogP contribution in [0.4, 0.5) is 11.4 Å². The predicted octanol–water partition coefficient (Wildman–Crippen LogP) is 4.80. The first-order valence-corrected chi connectivity index (χ1v) is 9.38. The lowest BCUT2D eigenvalue weighted by molar-refractivity contribution is -0.383. The molecule has 0 fully saturated rings. The number of benzene rings is 2. The second-order valence-corrected chi connectivity index (χ2v) is 7.34. The molecule has 0 aliphatic heterocycles. The highest BCUT2D eigenvalue weighted by atomic mass is 32.2. The van der Waals surface area contributed by atoms with Crippen LogP contribution in [0.25, 0.3) is 10.9 Å². The topological polar surface area (TPSA) is 85.1 Å². The Kier molecular flexibility index (Phi) is 5.41. The normalized spacial score (nSPS) is 10.8. The minimum Gasteiger partial charge on any atom is -0.320 e. The summed E-state index contributed by atoms with van der Waals surface area (Å²) in [5, 5.41) is 15.5. The zero-order valence-corrected chi connectivity index (χ0v) is 16.1. The van der Waals surface area contributed by atoms with Crippen molar-refractivity contribution in [2.75, 3.05) is 11.1 Å². The third-order valence-corrected chi connectivity index (χ3v) is 5.21. The van der Waals surface area contributed by atoms with E-state index in [1.165, 1.54) is 29.5 Å². The van der Waals surface area contributed by atoms with E-state index in [1.54, 1.807) is 12.1 Å². The summed E-state index contributed by atoms with van der Waals surface area (Å²) in [6.45, 7) is 6.04. The number of nitro benzene ring substituents is 1. The third kappa shape index (κ3) is 4.25. The van der Waals surface area contributed by atoms with Crippen molar-refractivity contribution in [3.8, 4) is 0 Å². The van der Waals surface area contributed by atoms with E-state index in [-0.39, 0.29) is 23.0 Å². The van der Waals surface area contributed by atoms with Crippen molar-refractivity contribution in [2.45, 2.75) is 25.8 Å². The number of aryl methyl sites for hydroxylation is 3. The van der Waals surface area contributed by atoms with Gasteiger partial charge in [0, 0.05) is 11.5 Å². The molecule has 0 saturated carbocycles. The van der Waals surface area contributed by atoms with Crippen molar-refractivity contribution >= 4 is 39.9 Å². The number of anilines is 1. The first kappa shape index (κ1) is 18.8. The maximum absolute atomic E-state index is 12.3. The number of amides is 1. The van der Waals surface area contributed by atoms with E-state index in [1.807, 2.05) is 13.8 Å². The molecule has 0 radical (unpaired) electrons. The van der Waals surface area contributed by atoms with E-state index in [4.69, 9.17) is 4.98 Å². The van der Waals surface area contributed by atoms with Crippen LogP contribution in [0.1, 0.15) is 16.7 Å². The van der Waals surface area contributed by atoms with Gasteiger partial charge in [-0.15, -0.1) is 0 Å². The molecule has 3 aromatic rings. The van der Waals surface area contributed by atoms with Crippen LogP contribution < -0.4 is 5.32 Å². The molecule has 0 aliphatic rings. The van der Waals surface area contributed by atoms with Crippen LogP contribution in [0.15, 0.2) is 47.5 Å². The quantitative estimate of drug-likeness (QED) is 0.390. The van der Waals surface area contributed by atoms with E-state index in [2.05, 4.69) is 30.4 Å². The van der Waals surface area contributed by atoms with Crippen molar-refractivity contribution in [1.82, 2.24) is 4.98 Å². The average Bonchev–Trinajstić information content (AvgIpc) is 2.60. The molecule has 2 aromatic carbocycles. The van der Waals surface area contributed by atoms with Gasteiger partial charge in [-0.3, -0.25) is 14.9 Å². The van der Waals surface area contributed by atoms with Gasteiger partial charge in [-0.1, -0.05) is 35.5 Å². The molecule has 0 aliphatic carbocycles. The van der Waals surface area contributed by atoms with Gasteiger partial charge >= 0.3 is 0 Å². The van der Waals surface area contributed by atoms with Gasteiger partial charge < -0.3 is 5.32 Å². The summed E-state index contributed by atoms with van der Waals surface area (Å²) in [4.78, 5) is 27.5. The summed E-state index contributed by atoms with van der Waals surface area (Å²) < 4.78 is 0. The van der Waals surface area contributed by atoms with Crippen LogP contribution in [-0.4, -0.2) is 21.6 Å². The number of hydrogen-bond acceptors (Lipinski definition) is 5. The molecule has 1 N–H and O–H groups in total. The van der Waals surface area contributed by atoms with Gasteiger partial charge in [0.1, 0.15) is 10.7 Å². The molecule has 3 rings (SSSR count). The highest BCUT2D eigenvalue weighted by molar-refractivity contribution is 8.00. The van der Waals surface area contributed by atoms with Gasteiger partial charge in [-0.25, -0.2) is 4.98 Å². The monoisotopic (exact) mass is 381 g/mol. The molecule has 0 unspecified atom stereocenters. The molecule has 0 spiro atoms. The molecule has 0 saturated heterocycles. The molecule has 27 heavy (non-hydrogen) atoms. The molecule has 138 valence electrons. The molecular formula is C20H19N3O3S. The van der Waals surface area contributed by atoms with Crippen LogP contribution in [0, 0.1) is 30.9 Å². The fourth-order valence-electron chi connectivity index (χ4n) is 2.95. The van der Waals surface area contributed by atoms with Crippen LogP contribution >= 0.6 is 11.8 Å². The SMILES string of the molecule is Cc1cc(C)c2nc(SCC(=O)Nc3ccccc3[N+](=O)[O-])c(C)cc2c1. The molecule has 1 aromatic heterocycles. The van der Waals surface area contributed by atoms with E-state index < -0.39 is 4.92 Å². The van der Waals surface area contributed by atoms with Gasteiger partial charge in [-0.2, -0.15) is 0 Å². The number of carbonyl (C=O) groups is 1. The lowest BCUT2D eigenvalue weighted by atomic mass is 10.1. The first-order chi connectivity index (χ1) is 12.8. The van der Waals surface area contributed by atoms with Crippen LogP contribution in [-0.2, 0) is 4.79 Å². The highest BCUT2D eigenvalue weighted by Gasteiger charge is 2.15. The summed E-state index contributed by atoms with van der Waals surface area (Å²) in [5.41, 5.74) is 4.27. The Balaban J connectivity index is 1.76. The van der Waals surface area contributed by atoms with Gasteiger partial charge in [0.25, 0.3) is 5.69 Å². The minimum absolute atomic E-state index is 0.121. The van der Waals surface area contributed by atoms with Crippen molar-refractivity contribution in [1.29, 1.82) is 0 Å². The van der Waals surface area contributed by atoms with E-state index in [0.717, 1.165) is 27.1 Å². The Morgan fingerprint density at radius 3 is 2.63 bits per heavy atom. The first-order valence-electron chi connectivity index (χ1n) is 8.40. The van der Waals surface area contributed by atoms with Crippen molar-refractivity contribution < 1.29 is 9.72 Å². The molecular weight excluding hydrogens is 362 g/mol. The van der Waals surface area contributed by atoms with Crippen molar-refractivity contribution in [2.24, 2.45) is 0 Å². The van der Waals surface area contributed by atoms with E-state index >= 15 is 0 Å². The maximum atomic E-state index is 12.3. The standard InChI is InChI=1S/C20H19N3O3S/c1-12-8-13(2)19-15(9-12)10-14(3)20(22-19)27-11-18(24)21-16-6-4-5-7-17(16)23(25)26/h4-10H,11H2,1-3H3,(H,21,24). The Labute approximate surface area is 161 Å². The lowest BCUT2D eigenvalue weighted by Crippen LogP contribution is -2.15.